The molecule has 4 rings (SSSR count). The Bertz CT molecular complexity index is 1080. The lowest BCUT2D eigenvalue weighted by Gasteiger charge is -2.09. The van der Waals surface area contributed by atoms with Gasteiger partial charge in [-0.05, 0) is 47.7 Å². The number of pyridine rings is 1. The number of nitrogens with one attached hydrogen (secondary N) is 1. The second kappa shape index (κ2) is 7.42. The first-order chi connectivity index (χ1) is 13.1. The summed E-state index contributed by atoms with van der Waals surface area (Å²) in [5, 5.41) is 3.30. The largest absolute Gasteiger partial charge is 0.489 e. The van der Waals surface area contributed by atoms with E-state index >= 15 is 0 Å². The molecule has 1 aromatic heterocycles. The number of para-hydroxylation sites is 1. The van der Waals surface area contributed by atoms with Crippen LogP contribution < -0.4 is 10.1 Å². The second-order valence-corrected chi connectivity index (χ2v) is 7.21. The number of imide groups is 1. The van der Waals surface area contributed by atoms with Gasteiger partial charge in [0.25, 0.3) is 11.1 Å². The van der Waals surface area contributed by atoms with E-state index in [1.165, 1.54) is 0 Å². The number of carbonyl (C=O) groups excluding carboxylic acids is 2. The number of rotatable bonds is 4. The summed E-state index contributed by atoms with van der Waals surface area (Å²) in [5.74, 6) is 0.296. The SMILES string of the molecule is O=C1NC(=O)/C(=C/c2ccc(OCc3cc4ccccc4nc3Cl)cc2)S1. The van der Waals surface area contributed by atoms with Crippen LogP contribution in [0.1, 0.15) is 11.1 Å². The Balaban J connectivity index is 1.46. The van der Waals surface area contributed by atoms with E-state index in [0.717, 1.165) is 33.8 Å². The monoisotopic (exact) mass is 396 g/mol. The molecule has 1 aliphatic rings. The van der Waals surface area contributed by atoms with E-state index in [0.29, 0.717) is 22.4 Å². The number of hydrogen-bond donors (Lipinski definition) is 1. The highest BCUT2D eigenvalue weighted by atomic mass is 35.5. The Morgan fingerprint density at radius 1 is 1.11 bits per heavy atom. The lowest BCUT2D eigenvalue weighted by Crippen LogP contribution is -2.17. The molecule has 1 fully saturated rings. The number of amides is 2. The molecule has 27 heavy (non-hydrogen) atoms. The van der Waals surface area contributed by atoms with E-state index in [1.54, 1.807) is 18.2 Å². The molecule has 0 atom stereocenters. The summed E-state index contributed by atoms with van der Waals surface area (Å²) in [6.45, 7) is 0.295. The van der Waals surface area contributed by atoms with Crippen LogP contribution in [0.4, 0.5) is 4.79 Å². The van der Waals surface area contributed by atoms with Gasteiger partial charge < -0.3 is 4.74 Å². The summed E-state index contributed by atoms with van der Waals surface area (Å²) in [6, 6.07) is 17.0. The van der Waals surface area contributed by atoms with Crippen molar-refractivity contribution in [3.8, 4) is 5.75 Å². The van der Waals surface area contributed by atoms with Crippen LogP contribution in [0.15, 0.2) is 59.5 Å². The van der Waals surface area contributed by atoms with Crippen molar-refractivity contribution in [1.82, 2.24) is 10.3 Å². The van der Waals surface area contributed by atoms with Crippen LogP contribution in [0.25, 0.3) is 17.0 Å². The number of thioether (sulfide) groups is 1. The van der Waals surface area contributed by atoms with Crippen molar-refractivity contribution in [2.45, 2.75) is 6.61 Å². The van der Waals surface area contributed by atoms with Crippen molar-refractivity contribution < 1.29 is 14.3 Å². The molecule has 134 valence electrons. The molecular weight excluding hydrogens is 384 g/mol. The molecule has 5 nitrogen and oxygen atoms in total. The fraction of sp³-hybridized carbons (Fsp3) is 0.0500. The average molecular weight is 397 g/mol. The van der Waals surface area contributed by atoms with Gasteiger partial charge in [-0.3, -0.25) is 14.9 Å². The molecule has 3 aromatic rings. The molecule has 0 saturated carbocycles. The molecule has 0 bridgehead atoms. The summed E-state index contributed by atoms with van der Waals surface area (Å²) in [5.41, 5.74) is 2.45. The predicted octanol–water partition coefficient (Wildman–Crippen LogP) is 4.79. The lowest BCUT2D eigenvalue weighted by molar-refractivity contribution is -0.115. The van der Waals surface area contributed by atoms with Crippen LogP contribution in [0, 0.1) is 0 Å². The van der Waals surface area contributed by atoms with Gasteiger partial charge in [-0.25, -0.2) is 4.98 Å². The topological polar surface area (TPSA) is 68.3 Å². The second-order valence-electron chi connectivity index (χ2n) is 5.84. The Labute approximate surface area is 164 Å². The molecule has 7 heteroatoms. The molecule has 0 aliphatic carbocycles. The van der Waals surface area contributed by atoms with Crippen LogP contribution >= 0.6 is 23.4 Å². The highest BCUT2D eigenvalue weighted by Crippen LogP contribution is 2.27. The van der Waals surface area contributed by atoms with Gasteiger partial charge in [0, 0.05) is 10.9 Å². The normalized spacial score (nSPS) is 15.4. The van der Waals surface area contributed by atoms with Crippen LogP contribution in [0.2, 0.25) is 5.15 Å². The molecule has 1 N–H and O–H groups in total. The number of nitrogens with zero attached hydrogens (tertiary/aromatic N) is 1. The van der Waals surface area contributed by atoms with E-state index < -0.39 is 0 Å². The number of carbonyl (C=O) groups is 2. The molecule has 0 radical (unpaired) electrons. The number of fused-ring (bicyclic) bond motifs is 1. The van der Waals surface area contributed by atoms with Gasteiger partial charge in [-0.15, -0.1) is 0 Å². The van der Waals surface area contributed by atoms with Crippen molar-refractivity contribution in [3.63, 3.8) is 0 Å². The van der Waals surface area contributed by atoms with Crippen molar-refractivity contribution in [3.05, 3.63) is 75.8 Å². The molecule has 0 spiro atoms. The van der Waals surface area contributed by atoms with Crippen LogP contribution in [0.3, 0.4) is 0 Å². The van der Waals surface area contributed by atoms with Crippen molar-refractivity contribution >= 4 is 51.5 Å². The highest BCUT2D eigenvalue weighted by Gasteiger charge is 2.24. The van der Waals surface area contributed by atoms with Crippen molar-refractivity contribution in [2.24, 2.45) is 0 Å². The average Bonchev–Trinajstić information content (AvgIpc) is 2.98. The molecule has 1 saturated heterocycles. The zero-order valence-electron chi connectivity index (χ0n) is 13.9. The maximum atomic E-state index is 11.6. The highest BCUT2D eigenvalue weighted by molar-refractivity contribution is 8.18. The first-order valence-corrected chi connectivity index (χ1v) is 9.30. The summed E-state index contributed by atoms with van der Waals surface area (Å²) >= 11 is 7.14. The van der Waals surface area contributed by atoms with Gasteiger partial charge in [0.15, 0.2) is 0 Å². The van der Waals surface area contributed by atoms with Gasteiger partial charge in [0.2, 0.25) is 0 Å². The fourth-order valence-electron chi connectivity index (χ4n) is 2.63. The standard InChI is InChI=1S/C20H13ClN2O3S/c21-18-14(10-13-3-1-2-4-16(13)22-18)11-26-15-7-5-12(6-8-15)9-17-19(24)23-20(25)27-17/h1-10H,11H2,(H,23,24,25)/b17-9-. The first kappa shape index (κ1) is 17.6. The zero-order valence-corrected chi connectivity index (χ0v) is 15.5. The van der Waals surface area contributed by atoms with Gasteiger partial charge >= 0.3 is 0 Å². The predicted molar refractivity (Wildman–Crippen MR) is 107 cm³/mol. The summed E-state index contributed by atoms with van der Waals surface area (Å²) in [6.07, 6.45) is 1.67. The van der Waals surface area contributed by atoms with E-state index in [2.05, 4.69) is 10.3 Å². The van der Waals surface area contributed by atoms with E-state index in [4.69, 9.17) is 16.3 Å². The third-order valence-corrected chi connectivity index (χ3v) is 5.10. The third kappa shape index (κ3) is 3.97. The zero-order chi connectivity index (χ0) is 18.8. The number of ether oxygens (including phenoxy) is 1. The van der Waals surface area contributed by atoms with Crippen LogP contribution in [-0.4, -0.2) is 16.1 Å². The first-order valence-electron chi connectivity index (χ1n) is 8.10. The molecule has 0 unspecified atom stereocenters. The number of aromatic nitrogens is 1. The Morgan fingerprint density at radius 2 is 1.89 bits per heavy atom. The minimum Gasteiger partial charge on any atom is -0.489 e. The quantitative estimate of drug-likeness (QED) is 0.507. The minimum atomic E-state index is -0.372. The van der Waals surface area contributed by atoms with Gasteiger partial charge in [0.05, 0.1) is 10.4 Å². The third-order valence-electron chi connectivity index (χ3n) is 3.96. The minimum absolute atomic E-state index is 0.295. The number of halogens is 1. The number of hydrogen-bond acceptors (Lipinski definition) is 5. The molecule has 2 amide bonds. The van der Waals surface area contributed by atoms with Crippen LogP contribution in [-0.2, 0) is 11.4 Å². The molecule has 1 aliphatic heterocycles. The smallest absolute Gasteiger partial charge is 0.290 e. The van der Waals surface area contributed by atoms with E-state index in [1.807, 2.05) is 42.5 Å². The molecular formula is C20H13ClN2O3S. The van der Waals surface area contributed by atoms with Gasteiger partial charge in [0.1, 0.15) is 17.5 Å². The fourth-order valence-corrected chi connectivity index (χ4v) is 3.51. The Hall–Kier alpha value is -2.83. The van der Waals surface area contributed by atoms with Gasteiger partial charge in [-0.2, -0.15) is 0 Å². The number of benzene rings is 2. The Kier molecular flexibility index (Phi) is 4.83. The summed E-state index contributed by atoms with van der Waals surface area (Å²) in [4.78, 5) is 27.5. The van der Waals surface area contributed by atoms with E-state index in [-0.39, 0.29) is 11.1 Å². The Morgan fingerprint density at radius 3 is 2.63 bits per heavy atom. The van der Waals surface area contributed by atoms with Gasteiger partial charge in [-0.1, -0.05) is 41.9 Å². The maximum Gasteiger partial charge on any atom is 0.290 e. The van der Waals surface area contributed by atoms with E-state index in [9.17, 15) is 9.59 Å². The summed E-state index contributed by atoms with van der Waals surface area (Å²) in [7, 11) is 0. The molecule has 2 aromatic carbocycles. The van der Waals surface area contributed by atoms with Crippen LogP contribution in [0.5, 0.6) is 5.75 Å². The maximum absolute atomic E-state index is 11.6. The molecule has 2 heterocycles. The van der Waals surface area contributed by atoms with Crippen molar-refractivity contribution in [2.75, 3.05) is 0 Å². The lowest BCUT2D eigenvalue weighted by atomic mass is 10.1. The van der Waals surface area contributed by atoms with Crippen molar-refractivity contribution in [1.29, 1.82) is 0 Å². The summed E-state index contributed by atoms with van der Waals surface area (Å²) < 4.78 is 5.80.